The highest BCUT2D eigenvalue weighted by molar-refractivity contribution is 5.11. The lowest BCUT2D eigenvalue weighted by molar-refractivity contribution is 0.165. The molecule has 1 heterocycles. The van der Waals surface area contributed by atoms with Gasteiger partial charge in [-0.1, -0.05) is 6.92 Å². The van der Waals surface area contributed by atoms with Crippen LogP contribution in [0.5, 0.6) is 0 Å². The molecule has 0 aliphatic rings. The van der Waals surface area contributed by atoms with Gasteiger partial charge >= 0.3 is 0 Å². The molecular weight excluding hydrogens is 204 g/mol. The van der Waals surface area contributed by atoms with Crippen molar-refractivity contribution >= 4 is 0 Å². The van der Waals surface area contributed by atoms with Gasteiger partial charge in [-0.3, -0.25) is 16.0 Å². The largest absolute Gasteiger partial charge is 0.383 e. The zero-order chi connectivity index (χ0) is 12.0. The molecule has 0 saturated heterocycles. The van der Waals surface area contributed by atoms with Gasteiger partial charge in [-0.15, -0.1) is 0 Å². The molecule has 1 unspecified atom stereocenters. The first-order valence-electron chi connectivity index (χ1n) is 5.75. The van der Waals surface area contributed by atoms with Gasteiger partial charge in [0.15, 0.2) is 0 Å². The average molecular weight is 226 g/mol. The number of aryl methyl sites for hydroxylation is 2. The van der Waals surface area contributed by atoms with Crippen LogP contribution in [0.4, 0.5) is 0 Å². The van der Waals surface area contributed by atoms with Gasteiger partial charge in [0.25, 0.3) is 0 Å². The fourth-order valence-electron chi connectivity index (χ4n) is 1.75. The molecule has 0 amide bonds. The van der Waals surface area contributed by atoms with Crippen LogP contribution in [0.2, 0.25) is 0 Å². The maximum atomic E-state index is 5.48. The third-order valence-corrected chi connectivity index (χ3v) is 2.63. The van der Waals surface area contributed by atoms with Gasteiger partial charge in [-0.25, -0.2) is 0 Å². The minimum absolute atomic E-state index is 0.136. The van der Waals surface area contributed by atoms with Gasteiger partial charge in [0.05, 0.1) is 12.3 Å². The number of ether oxygens (including phenoxy) is 1. The summed E-state index contributed by atoms with van der Waals surface area (Å²) >= 11 is 0. The Bertz CT molecular complexity index is 311. The van der Waals surface area contributed by atoms with E-state index in [0.29, 0.717) is 6.61 Å². The van der Waals surface area contributed by atoms with Gasteiger partial charge in [0, 0.05) is 31.8 Å². The summed E-state index contributed by atoms with van der Waals surface area (Å²) in [5.41, 5.74) is 5.10. The normalized spacial score (nSPS) is 13.0. The van der Waals surface area contributed by atoms with Crippen LogP contribution >= 0.6 is 0 Å². The highest BCUT2D eigenvalue weighted by Gasteiger charge is 2.12. The smallest absolute Gasteiger partial charge is 0.0633 e. The summed E-state index contributed by atoms with van der Waals surface area (Å²) in [6.45, 7) is 5.70. The summed E-state index contributed by atoms with van der Waals surface area (Å²) in [6.07, 6.45) is 1.80. The van der Waals surface area contributed by atoms with Crippen LogP contribution in [0.15, 0.2) is 6.07 Å². The zero-order valence-corrected chi connectivity index (χ0v) is 10.4. The number of nitrogens with two attached hydrogens (primary N) is 1. The molecule has 1 aromatic heterocycles. The molecule has 0 aliphatic carbocycles. The van der Waals surface area contributed by atoms with E-state index >= 15 is 0 Å². The summed E-state index contributed by atoms with van der Waals surface area (Å²) in [6, 6.07) is 2.28. The molecule has 0 bridgehead atoms. The van der Waals surface area contributed by atoms with Crippen molar-refractivity contribution in [2.45, 2.75) is 39.3 Å². The molecule has 1 atom stereocenters. The number of aromatic nitrogens is 2. The van der Waals surface area contributed by atoms with Crippen molar-refractivity contribution < 1.29 is 4.74 Å². The molecule has 0 spiro atoms. The van der Waals surface area contributed by atoms with Gasteiger partial charge in [-0.2, -0.15) is 5.10 Å². The van der Waals surface area contributed by atoms with E-state index in [0.717, 1.165) is 25.1 Å². The second-order valence-electron chi connectivity index (χ2n) is 3.82. The van der Waals surface area contributed by atoms with Crippen LogP contribution in [0.25, 0.3) is 0 Å². The molecule has 92 valence electrons. The van der Waals surface area contributed by atoms with Crippen molar-refractivity contribution in [3.8, 4) is 0 Å². The van der Waals surface area contributed by atoms with E-state index in [4.69, 9.17) is 10.6 Å². The van der Waals surface area contributed by atoms with E-state index in [9.17, 15) is 0 Å². The molecule has 0 fully saturated rings. The minimum Gasteiger partial charge on any atom is -0.383 e. The number of hydrazine groups is 1. The topological polar surface area (TPSA) is 65.1 Å². The van der Waals surface area contributed by atoms with E-state index < -0.39 is 0 Å². The summed E-state index contributed by atoms with van der Waals surface area (Å²) < 4.78 is 7.13. The monoisotopic (exact) mass is 226 g/mol. The molecule has 0 aliphatic heterocycles. The van der Waals surface area contributed by atoms with Crippen molar-refractivity contribution in [3.05, 3.63) is 17.5 Å². The molecule has 16 heavy (non-hydrogen) atoms. The van der Waals surface area contributed by atoms with E-state index in [1.165, 1.54) is 5.69 Å². The second-order valence-corrected chi connectivity index (χ2v) is 3.82. The summed E-state index contributed by atoms with van der Waals surface area (Å²) in [7, 11) is 1.68. The van der Waals surface area contributed by atoms with E-state index in [-0.39, 0.29) is 6.04 Å². The number of hydrogen-bond acceptors (Lipinski definition) is 4. The quantitative estimate of drug-likeness (QED) is 0.524. The number of nitrogens with zero attached hydrogens (tertiary/aromatic N) is 2. The van der Waals surface area contributed by atoms with Crippen molar-refractivity contribution in [1.82, 2.24) is 15.2 Å². The number of methoxy groups -OCH3 is 1. The minimum atomic E-state index is 0.136. The molecule has 1 rings (SSSR count). The van der Waals surface area contributed by atoms with Gasteiger partial charge in [-0.05, 0) is 19.4 Å². The fraction of sp³-hybridized carbons (Fsp3) is 0.727. The summed E-state index contributed by atoms with van der Waals surface area (Å²) in [5, 5.41) is 4.50. The Balaban J connectivity index is 2.73. The number of rotatable bonds is 7. The number of nitrogens with one attached hydrogen (secondary N) is 1. The third kappa shape index (κ3) is 3.30. The Morgan fingerprint density at radius 1 is 1.56 bits per heavy atom. The Hall–Kier alpha value is -0.910. The fourth-order valence-corrected chi connectivity index (χ4v) is 1.75. The SMILES string of the molecule is CCc1cc(CC(COC)NN)n(CC)n1. The van der Waals surface area contributed by atoms with Gasteiger partial charge < -0.3 is 4.74 Å². The van der Waals surface area contributed by atoms with Crippen molar-refractivity contribution in [1.29, 1.82) is 0 Å². The van der Waals surface area contributed by atoms with Crippen LogP contribution in [0.3, 0.4) is 0 Å². The Labute approximate surface area is 96.9 Å². The highest BCUT2D eigenvalue weighted by Crippen LogP contribution is 2.08. The molecule has 3 N–H and O–H groups in total. The Kier molecular flexibility index (Phi) is 5.45. The van der Waals surface area contributed by atoms with Gasteiger partial charge in [0.2, 0.25) is 0 Å². The lowest BCUT2D eigenvalue weighted by Gasteiger charge is -2.15. The van der Waals surface area contributed by atoms with Crippen molar-refractivity contribution in [2.24, 2.45) is 5.84 Å². The van der Waals surface area contributed by atoms with E-state index in [1.807, 2.05) is 4.68 Å². The highest BCUT2D eigenvalue weighted by atomic mass is 16.5. The lowest BCUT2D eigenvalue weighted by Crippen LogP contribution is -2.40. The Morgan fingerprint density at radius 3 is 2.81 bits per heavy atom. The van der Waals surface area contributed by atoms with Crippen LogP contribution < -0.4 is 11.3 Å². The summed E-state index contributed by atoms with van der Waals surface area (Å²) in [4.78, 5) is 0. The molecule has 5 nitrogen and oxygen atoms in total. The molecule has 0 aromatic carbocycles. The lowest BCUT2D eigenvalue weighted by atomic mass is 10.1. The zero-order valence-electron chi connectivity index (χ0n) is 10.4. The van der Waals surface area contributed by atoms with Crippen LogP contribution in [-0.2, 0) is 24.1 Å². The van der Waals surface area contributed by atoms with E-state index in [1.54, 1.807) is 7.11 Å². The first-order chi connectivity index (χ1) is 7.74. The Morgan fingerprint density at radius 2 is 2.31 bits per heavy atom. The van der Waals surface area contributed by atoms with Crippen molar-refractivity contribution in [2.75, 3.05) is 13.7 Å². The molecular formula is C11H22N4O. The van der Waals surface area contributed by atoms with Crippen LogP contribution in [0, 0.1) is 0 Å². The van der Waals surface area contributed by atoms with Gasteiger partial charge in [0.1, 0.15) is 0 Å². The predicted molar refractivity (Wildman–Crippen MR) is 64.0 cm³/mol. The standard InChI is InChI=1S/C11H22N4O/c1-4-9-6-11(15(5-2)14-9)7-10(13-12)8-16-3/h6,10,13H,4-5,7-8,12H2,1-3H3. The van der Waals surface area contributed by atoms with Crippen molar-refractivity contribution in [3.63, 3.8) is 0 Å². The maximum Gasteiger partial charge on any atom is 0.0633 e. The van der Waals surface area contributed by atoms with E-state index in [2.05, 4.69) is 30.4 Å². The van der Waals surface area contributed by atoms with Crippen LogP contribution in [0.1, 0.15) is 25.2 Å². The first kappa shape index (κ1) is 13.2. The maximum absolute atomic E-state index is 5.48. The summed E-state index contributed by atoms with van der Waals surface area (Å²) in [5.74, 6) is 5.48. The van der Waals surface area contributed by atoms with Crippen LogP contribution in [-0.4, -0.2) is 29.5 Å². The molecule has 1 aromatic rings. The molecule has 0 saturated carbocycles. The third-order valence-electron chi connectivity index (χ3n) is 2.63. The first-order valence-corrected chi connectivity index (χ1v) is 5.75. The number of hydrogen-bond donors (Lipinski definition) is 2. The molecule has 0 radical (unpaired) electrons. The molecule has 5 heteroatoms. The average Bonchev–Trinajstić information content (AvgIpc) is 2.70. The predicted octanol–water partition coefficient (Wildman–Crippen LogP) is 0.486. The second kappa shape index (κ2) is 6.62.